The summed E-state index contributed by atoms with van der Waals surface area (Å²) in [6, 6.07) is 11.6. The molecule has 2 aromatic carbocycles. The first-order chi connectivity index (χ1) is 13.3. The summed E-state index contributed by atoms with van der Waals surface area (Å²) in [7, 11) is 0.691. The fourth-order valence-electron chi connectivity index (χ4n) is 2.42. The maximum atomic E-state index is 12.4. The largest absolute Gasteiger partial charge is 0.493 e. The Balaban J connectivity index is 2.13. The summed E-state index contributed by atoms with van der Waals surface area (Å²) in [5, 5.41) is 2.59. The molecule has 2 rings (SSSR count). The lowest BCUT2D eigenvalue weighted by Gasteiger charge is -2.16. The van der Waals surface area contributed by atoms with Gasteiger partial charge in [0.2, 0.25) is 10.0 Å². The van der Waals surface area contributed by atoms with E-state index in [9.17, 15) is 13.2 Å². The molecule has 0 bridgehead atoms. The number of rotatable bonds is 8. The molecule has 0 unspecified atom stereocenters. The molecular weight excluding hydrogens is 380 g/mol. The van der Waals surface area contributed by atoms with Crippen molar-refractivity contribution in [3.05, 3.63) is 54.1 Å². The topological polar surface area (TPSA) is 84.9 Å². The highest BCUT2D eigenvalue weighted by Gasteiger charge is 2.22. The number of carbonyl (C=O) groups excluding carboxylic acids is 1. The third-order valence-electron chi connectivity index (χ3n) is 3.83. The average Bonchev–Trinajstić information content (AvgIpc) is 2.67. The van der Waals surface area contributed by atoms with E-state index in [1.165, 1.54) is 33.3 Å². The van der Waals surface area contributed by atoms with Crippen molar-refractivity contribution in [2.75, 3.05) is 33.1 Å². The third-order valence-corrected chi connectivity index (χ3v) is 5.70. The summed E-state index contributed by atoms with van der Waals surface area (Å²) in [5.74, 6) is 0.431. The zero-order valence-electron chi connectivity index (χ0n) is 16.3. The maximum absolute atomic E-state index is 12.4. The molecule has 0 saturated heterocycles. The van der Waals surface area contributed by atoms with Crippen molar-refractivity contribution in [3.8, 4) is 11.5 Å². The van der Waals surface area contributed by atoms with Crippen LogP contribution in [0.3, 0.4) is 0 Å². The standard InChI is InChI=1S/C20H24N2O5S/c1-5-8-15-11-12-17(18(13-15)26-4)27-14-20(23)21-16-9-6-7-10-19(16)28(24,25)22(2)3/h5-13H,14H2,1-4H3,(H,21,23)/b8-5+. The Morgan fingerprint density at radius 3 is 2.50 bits per heavy atom. The minimum absolute atomic E-state index is 0.0154. The number of nitrogens with one attached hydrogen (secondary N) is 1. The highest BCUT2D eigenvalue weighted by Crippen LogP contribution is 2.29. The van der Waals surface area contributed by atoms with Gasteiger partial charge in [-0.1, -0.05) is 30.4 Å². The van der Waals surface area contributed by atoms with E-state index in [1.54, 1.807) is 24.3 Å². The molecule has 0 atom stereocenters. The highest BCUT2D eigenvalue weighted by molar-refractivity contribution is 7.89. The molecule has 0 saturated carbocycles. The van der Waals surface area contributed by atoms with Gasteiger partial charge in [0.25, 0.3) is 5.91 Å². The van der Waals surface area contributed by atoms with Crippen LogP contribution in [0.1, 0.15) is 12.5 Å². The molecule has 0 aliphatic heterocycles. The van der Waals surface area contributed by atoms with E-state index < -0.39 is 15.9 Å². The number of benzene rings is 2. The van der Waals surface area contributed by atoms with Gasteiger partial charge in [0.05, 0.1) is 12.8 Å². The van der Waals surface area contributed by atoms with Gasteiger partial charge >= 0.3 is 0 Å². The molecule has 8 heteroatoms. The minimum atomic E-state index is -3.69. The fourth-order valence-corrected chi connectivity index (χ4v) is 3.46. The number of amides is 1. The van der Waals surface area contributed by atoms with Crippen LogP contribution in [0.2, 0.25) is 0 Å². The van der Waals surface area contributed by atoms with Gasteiger partial charge in [-0.3, -0.25) is 4.79 Å². The van der Waals surface area contributed by atoms with E-state index in [2.05, 4.69) is 5.32 Å². The lowest BCUT2D eigenvalue weighted by atomic mass is 10.2. The number of carbonyl (C=O) groups is 1. The molecule has 28 heavy (non-hydrogen) atoms. The molecule has 0 aliphatic rings. The van der Waals surface area contributed by atoms with Crippen molar-refractivity contribution in [2.45, 2.75) is 11.8 Å². The van der Waals surface area contributed by atoms with Gasteiger partial charge in [0.1, 0.15) is 4.90 Å². The first-order valence-electron chi connectivity index (χ1n) is 8.54. The molecule has 0 aromatic heterocycles. The minimum Gasteiger partial charge on any atom is -0.493 e. The van der Waals surface area contributed by atoms with E-state index in [4.69, 9.17) is 9.47 Å². The summed E-state index contributed by atoms with van der Waals surface area (Å²) < 4.78 is 36.7. The second kappa shape index (κ2) is 9.38. The fraction of sp³-hybridized carbons (Fsp3) is 0.250. The normalized spacial score (nSPS) is 11.6. The maximum Gasteiger partial charge on any atom is 0.262 e. The number of anilines is 1. The Bertz CT molecular complexity index is 968. The van der Waals surface area contributed by atoms with Crippen molar-refractivity contribution in [1.82, 2.24) is 4.31 Å². The molecule has 7 nitrogen and oxygen atoms in total. The van der Waals surface area contributed by atoms with Crippen molar-refractivity contribution in [3.63, 3.8) is 0 Å². The number of hydrogen-bond donors (Lipinski definition) is 1. The second-order valence-electron chi connectivity index (χ2n) is 6.03. The van der Waals surface area contributed by atoms with Gasteiger partial charge in [-0.2, -0.15) is 0 Å². The Hall–Kier alpha value is -2.84. The van der Waals surface area contributed by atoms with Gasteiger partial charge in [0.15, 0.2) is 18.1 Å². The van der Waals surface area contributed by atoms with Crippen molar-refractivity contribution in [1.29, 1.82) is 0 Å². The smallest absolute Gasteiger partial charge is 0.262 e. The molecular formula is C20H24N2O5S. The van der Waals surface area contributed by atoms with Crippen LogP contribution in [-0.4, -0.2) is 46.4 Å². The van der Waals surface area contributed by atoms with Crippen LogP contribution in [0.25, 0.3) is 6.08 Å². The Morgan fingerprint density at radius 2 is 1.86 bits per heavy atom. The van der Waals surface area contributed by atoms with Crippen molar-refractivity contribution in [2.24, 2.45) is 0 Å². The van der Waals surface area contributed by atoms with Crippen LogP contribution >= 0.6 is 0 Å². The molecule has 0 aliphatic carbocycles. The van der Waals surface area contributed by atoms with E-state index in [1.807, 2.05) is 25.1 Å². The van der Waals surface area contributed by atoms with Gasteiger partial charge in [-0.15, -0.1) is 0 Å². The summed E-state index contributed by atoms with van der Waals surface area (Å²) in [6.07, 6.45) is 3.82. The van der Waals surface area contributed by atoms with Crippen LogP contribution in [0.5, 0.6) is 11.5 Å². The van der Waals surface area contributed by atoms with E-state index in [0.29, 0.717) is 11.5 Å². The lowest BCUT2D eigenvalue weighted by molar-refractivity contribution is -0.118. The molecule has 0 fully saturated rings. The summed E-state index contributed by atoms with van der Waals surface area (Å²) in [6.45, 7) is 1.62. The molecule has 150 valence electrons. The number of sulfonamides is 1. The quantitative estimate of drug-likeness (QED) is 0.731. The summed E-state index contributed by atoms with van der Waals surface area (Å²) in [4.78, 5) is 12.3. The van der Waals surface area contributed by atoms with Gasteiger partial charge in [0, 0.05) is 14.1 Å². The van der Waals surface area contributed by atoms with E-state index in [0.717, 1.165) is 9.87 Å². The van der Waals surface area contributed by atoms with Crippen LogP contribution in [-0.2, 0) is 14.8 Å². The van der Waals surface area contributed by atoms with Crippen molar-refractivity contribution < 1.29 is 22.7 Å². The molecule has 2 aromatic rings. The molecule has 0 spiro atoms. The Kier molecular flexibility index (Phi) is 7.19. The van der Waals surface area contributed by atoms with E-state index >= 15 is 0 Å². The van der Waals surface area contributed by atoms with Crippen LogP contribution in [0.4, 0.5) is 5.69 Å². The molecule has 0 radical (unpaired) electrons. The zero-order valence-corrected chi connectivity index (χ0v) is 17.1. The molecule has 1 N–H and O–H groups in total. The number of hydrogen-bond acceptors (Lipinski definition) is 5. The predicted octanol–water partition coefficient (Wildman–Crippen LogP) is 3.00. The number of nitrogens with zero attached hydrogens (tertiary/aromatic N) is 1. The lowest BCUT2D eigenvalue weighted by Crippen LogP contribution is -2.25. The first-order valence-corrected chi connectivity index (χ1v) is 9.98. The summed E-state index contributed by atoms with van der Waals surface area (Å²) >= 11 is 0. The number of allylic oxidation sites excluding steroid dienone is 1. The summed E-state index contributed by atoms with van der Waals surface area (Å²) in [5.41, 5.74) is 1.14. The van der Waals surface area contributed by atoms with Gasteiger partial charge in [-0.25, -0.2) is 12.7 Å². The Morgan fingerprint density at radius 1 is 1.14 bits per heavy atom. The number of para-hydroxylation sites is 1. The highest BCUT2D eigenvalue weighted by atomic mass is 32.2. The number of methoxy groups -OCH3 is 1. The first kappa shape index (κ1) is 21.5. The van der Waals surface area contributed by atoms with Crippen molar-refractivity contribution >= 4 is 27.7 Å². The molecule has 1 amide bonds. The van der Waals surface area contributed by atoms with Gasteiger partial charge < -0.3 is 14.8 Å². The Labute approximate surface area is 165 Å². The van der Waals surface area contributed by atoms with Gasteiger partial charge in [-0.05, 0) is 36.8 Å². The average molecular weight is 404 g/mol. The van der Waals surface area contributed by atoms with Crippen LogP contribution in [0.15, 0.2) is 53.4 Å². The third kappa shape index (κ3) is 5.11. The number of ether oxygens (including phenoxy) is 2. The predicted molar refractivity (Wildman–Crippen MR) is 109 cm³/mol. The van der Waals surface area contributed by atoms with Crippen LogP contribution in [0, 0.1) is 0 Å². The second-order valence-corrected chi connectivity index (χ2v) is 8.15. The SMILES string of the molecule is C/C=C/c1ccc(OCC(=O)Nc2ccccc2S(=O)(=O)N(C)C)c(OC)c1. The van der Waals surface area contributed by atoms with E-state index in [-0.39, 0.29) is 17.2 Å². The monoisotopic (exact) mass is 404 g/mol. The zero-order chi connectivity index (χ0) is 20.7. The molecule has 0 heterocycles. The van der Waals surface area contributed by atoms with Crippen LogP contribution < -0.4 is 14.8 Å².